The molecule has 13 heteroatoms. The Bertz CT molecular complexity index is 1880. The molecule has 0 radical (unpaired) electrons. The average molecular weight is 726 g/mol. The minimum Gasteiger partial charge on any atom is -0.495 e. The van der Waals surface area contributed by atoms with Gasteiger partial charge < -0.3 is 24.4 Å². The SMILES string of the molecule is CC[C@@H](C)NC(=O)[C@H](Cc1ccccc1)N(Cc1ccc(F)cc1)C(=O)CN(c1cc(Cl)ccc1OC)S(=O)(=O)c1ccc(OC)c(OC)c1. The number of halogens is 2. The van der Waals surface area contributed by atoms with E-state index in [0.29, 0.717) is 17.7 Å². The van der Waals surface area contributed by atoms with E-state index in [4.69, 9.17) is 25.8 Å². The maximum Gasteiger partial charge on any atom is 0.265 e. The zero-order valence-electron chi connectivity index (χ0n) is 28.6. The molecule has 4 aromatic carbocycles. The summed E-state index contributed by atoms with van der Waals surface area (Å²) in [7, 11) is -0.369. The summed E-state index contributed by atoms with van der Waals surface area (Å²) < 4.78 is 60.1. The van der Waals surface area contributed by atoms with Gasteiger partial charge in [-0.2, -0.15) is 0 Å². The van der Waals surface area contributed by atoms with Crippen molar-refractivity contribution in [2.24, 2.45) is 0 Å². The molecule has 0 aromatic heterocycles. The van der Waals surface area contributed by atoms with Crippen molar-refractivity contribution in [3.05, 3.63) is 113 Å². The number of sulfonamides is 1. The molecule has 266 valence electrons. The highest BCUT2D eigenvalue weighted by atomic mass is 35.5. The quantitative estimate of drug-likeness (QED) is 0.145. The Kier molecular flexibility index (Phi) is 13.1. The number of hydrogen-bond acceptors (Lipinski definition) is 7. The van der Waals surface area contributed by atoms with Gasteiger partial charge in [0.25, 0.3) is 10.0 Å². The van der Waals surface area contributed by atoms with Crippen molar-refractivity contribution in [1.29, 1.82) is 0 Å². The number of carbonyl (C=O) groups excluding carboxylic acids is 2. The van der Waals surface area contributed by atoms with Gasteiger partial charge in [0.1, 0.15) is 24.2 Å². The second kappa shape index (κ2) is 17.2. The summed E-state index contributed by atoms with van der Waals surface area (Å²) in [6.07, 6.45) is 0.764. The third-order valence-electron chi connectivity index (χ3n) is 8.17. The van der Waals surface area contributed by atoms with E-state index in [9.17, 15) is 22.4 Å². The van der Waals surface area contributed by atoms with Crippen LogP contribution in [0.4, 0.5) is 10.1 Å². The van der Waals surface area contributed by atoms with E-state index in [1.165, 1.54) is 86.9 Å². The molecule has 0 aliphatic heterocycles. The molecular formula is C37H41ClFN3O7S. The Hall–Kier alpha value is -4.81. The summed E-state index contributed by atoms with van der Waals surface area (Å²) in [5.74, 6) is -1.01. The van der Waals surface area contributed by atoms with E-state index in [1.54, 1.807) is 0 Å². The van der Waals surface area contributed by atoms with Gasteiger partial charge in [-0.1, -0.05) is 61.0 Å². The van der Waals surface area contributed by atoms with Crippen LogP contribution in [0.1, 0.15) is 31.4 Å². The fourth-order valence-electron chi connectivity index (χ4n) is 5.26. The second-order valence-electron chi connectivity index (χ2n) is 11.5. The maximum absolute atomic E-state index is 14.7. The monoisotopic (exact) mass is 725 g/mol. The van der Waals surface area contributed by atoms with Gasteiger partial charge in [0.2, 0.25) is 11.8 Å². The molecule has 4 aromatic rings. The van der Waals surface area contributed by atoms with Crippen molar-refractivity contribution in [3.8, 4) is 17.2 Å². The topological polar surface area (TPSA) is 114 Å². The van der Waals surface area contributed by atoms with Gasteiger partial charge >= 0.3 is 0 Å². The number of hydrogen-bond donors (Lipinski definition) is 1. The summed E-state index contributed by atoms with van der Waals surface area (Å²) >= 11 is 6.37. The van der Waals surface area contributed by atoms with Crippen LogP contribution >= 0.6 is 11.6 Å². The number of methoxy groups -OCH3 is 3. The third-order valence-corrected chi connectivity index (χ3v) is 10.2. The van der Waals surface area contributed by atoms with Crippen LogP contribution in [0.5, 0.6) is 17.2 Å². The Morgan fingerprint density at radius 2 is 1.48 bits per heavy atom. The van der Waals surface area contributed by atoms with E-state index in [0.717, 1.165) is 9.87 Å². The van der Waals surface area contributed by atoms with Gasteiger partial charge in [-0.15, -0.1) is 0 Å². The normalized spacial score (nSPS) is 12.4. The number of nitrogens with one attached hydrogen (secondary N) is 1. The van der Waals surface area contributed by atoms with Crippen LogP contribution < -0.4 is 23.8 Å². The zero-order valence-corrected chi connectivity index (χ0v) is 30.1. The molecule has 2 atom stereocenters. The number of ether oxygens (including phenoxy) is 3. The predicted molar refractivity (Wildman–Crippen MR) is 191 cm³/mol. The molecular weight excluding hydrogens is 685 g/mol. The van der Waals surface area contributed by atoms with Gasteiger partial charge in [-0.3, -0.25) is 13.9 Å². The highest BCUT2D eigenvalue weighted by Gasteiger charge is 2.36. The maximum atomic E-state index is 14.7. The summed E-state index contributed by atoms with van der Waals surface area (Å²) in [5, 5.41) is 3.18. The van der Waals surface area contributed by atoms with Gasteiger partial charge in [-0.05, 0) is 66.9 Å². The lowest BCUT2D eigenvalue weighted by molar-refractivity contribution is -0.140. The van der Waals surface area contributed by atoms with Crippen molar-refractivity contribution < 1.29 is 36.6 Å². The summed E-state index contributed by atoms with van der Waals surface area (Å²) in [4.78, 5) is 29.8. The number of benzene rings is 4. The standard InChI is InChI=1S/C37H41ClFN3O7S/c1-6-25(2)40-37(44)32(20-26-10-8-7-9-11-26)41(23-27-12-15-29(39)16-13-27)36(43)24-42(31-21-28(38)14-18-33(31)47-3)50(45,46)30-17-19-34(48-4)35(22-30)49-5/h7-19,21-22,25,32H,6,20,23-24H2,1-5H3,(H,40,44)/t25-,32+/m1/s1. The average Bonchev–Trinajstić information content (AvgIpc) is 3.12. The minimum absolute atomic E-state index is 0.00599. The number of rotatable bonds is 16. The lowest BCUT2D eigenvalue weighted by Crippen LogP contribution is -2.54. The molecule has 0 saturated carbocycles. The number of nitrogens with zero attached hydrogens (tertiary/aromatic N) is 2. The molecule has 1 N–H and O–H groups in total. The Balaban J connectivity index is 1.88. The Morgan fingerprint density at radius 3 is 2.10 bits per heavy atom. The molecule has 0 aliphatic rings. The summed E-state index contributed by atoms with van der Waals surface area (Å²) in [6.45, 7) is 2.90. The van der Waals surface area contributed by atoms with Crippen LogP contribution in [-0.2, 0) is 32.6 Å². The molecule has 0 aliphatic carbocycles. The largest absolute Gasteiger partial charge is 0.495 e. The van der Waals surface area contributed by atoms with Gasteiger partial charge in [0.05, 0.1) is 31.9 Å². The first kappa shape index (κ1) is 38.0. The lowest BCUT2D eigenvalue weighted by atomic mass is 10.0. The first-order valence-corrected chi connectivity index (χ1v) is 17.7. The molecule has 50 heavy (non-hydrogen) atoms. The molecule has 4 rings (SSSR count). The number of carbonyl (C=O) groups is 2. The van der Waals surface area contributed by atoms with Crippen LogP contribution in [0.3, 0.4) is 0 Å². The lowest BCUT2D eigenvalue weighted by Gasteiger charge is -2.34. The summed E-state index contributed by atoms with van der Waals surface area (Å²) in [6, 6.07) is 21.9. The highest BCUT2D eigenvalue weighted by molar-refractivity contribution is 7.92. The van der Waals surface area contributed by atoms with Crippen LogP contribution in [0.2, 0.25) is 5.02 Å². The van der Waals surface area contributed by atoms with Crippen molar-refractivity contribution in [2.75, 3.05) is 32.2 Å². The van der Waals surface area contributed by atoms with Crippen LogP contribution in [0, 0.1) is 5.82 Å². The van der Waals surface area contributed by atoms with Crippen molar-refractivity contribution in [2.45, 2.75) is 50.2 Å². The van der Waals surface area contributed by atoms with E-state index >= 15 is 0 Å². The van der Waals surface area contributed by atoms with E-state index in [2.05, 4.69) is 5.32 Å². The molecule has 10 nitrogen and oxygen atoms in total. The molecule has 0 saturated heterocycles. The predicted octanol–water partition coefficient (Wildman–Crippen LogP) is 6.26. The highest BCUT2D eigenvalue weighted by Crippen LogP contribution is 2.37. The third kappa shape index (κ3) is 9.25. The Labute approximate surface area is 297 Å². The van der Waals surface area contributed by atoms with E-state index in [1.807, 2.05) is 44.2 Å². The first-order chi connectivity index (χ1) is 23.9. The van der Waals surface area contributed by atoms with E-state index in [-0.39, 0.29) is 46.1 Å². The minimum atomic E-state index is -4.53. The van der Waals surface area contributed by atoms with Crippen LogP contribution in [0.15, 0.2) is 95.9 Å². The van der Waals surface area contributed by atoms with Gasteiger partial charge in [-0.25, -0.2) is 12.8 Å². The molecule has 0 bridgehead atoms. The molecule has 2 amide bonds. The van der Waals surface area contributed by atoms with Gasteiger partial charge in [0.15, 0.2) is 11.5 Å². The van der Waals surface area contributed by atoms with Crippen molar-refractivity contribution in [3.63, 3.8) is 0 Å². The number of anilines is 1. The van der Waals surface area contributed by atoms with Gasteiger partial charge in [0, 0.05) is 30.1 Å². The number of amides is 2. The smallest absolute Gasteiger partial charge is 0.265 e. The van der Waals surface area contributed by atoms with Crippen molar-refractivity contribution in [1.82, 2.24) is 10.2 Å². The Morgan fingerprint density at radius 1 is 0.840 bits per heavy atom. The van der Waals surface area contributed by atoms with Crippen molar-refractivity contribution >= 4 is 39.1 Å². The molecule has 0 spiro atoms. The zero-order chi connectivity index (χ0) is 36.4. The molecule has 0 heterocycles. The fourth-order valence-corrected chi connectivity index (χ4v) is 6.86. The second-order valence-corrected chi connectivity index (χ2v) is 13.8. The first-order valence-electron chi connectivity index (χ1n) is 15.9. The summed E-state index contributed by atoms with van der Waals surface area (Å²) in [5.41, 5.74) is 1.30. The van der Waals surface area contributed by atoms with Crippen LogP contribution in [0.25, 0.3) is 0 Å². The van der Waals surface area contributed by atoms with E-state index < -0.39 is 40.2 Å². The molecule has 0 unspecified atom stereocenters. The fraction of sp³-hybridized carbons (Fsp3) is 0.297. The van der Waals surface area contributed by atoms with Crippen LogP contribution in [-0.4, -0.2) is 65.1 Å². The molecule has 0 fully saturated rings.